The number of ether oxygens (including phenoxy) is 1. The number of aromatic nitrogens is 2. The number of aliphatic carboxylic acids is 1. The Morgan fingerprint density at radius 1 is 1.21 bits per heavy atom. The molecule has 0 spiro atoms. The first kappa shape index (κ1) is 21.6. The third kappa shape index (κ3) is 6.49. The predicted octanol–water partition coefficient (Wildman–Crippen LogP) is 2.94. The van der Waals surface area contributed by atoms with Crippen molar-refractivity contribution in [3.63, 3.8) is 0 Å². The van der Waals surface area contributed by atoms with Gasteiger partial charge in [-0.25, -0.2) is 4.79 Å². The molecule has 7 heteroatoms. The summed E-state index contributed by atoms with van der Waals surface area (Å²) in [4.78, 5) is 23.8. The summed E-state index contributed by atoms with van der Waals surface area (Å²) in [6.45, 7) is 10.5. The molecule has 0 bridgehead atoms. The molecule has 1 unspecified atom stereocenters. The van der Waals surface area contributed by atoms with Crippen molar-refractivity contribution in [1.82, 2.24) is 15.1 Å². The molecule has 0 fully saturated rings. The second-order valence-electron chi connectivity index (χ2n) is 7.90. The van der Waals surface area contributed by atoms with Crippen LogP contribution in [0.1, 0.15) is 54.5 Å². The topological polar surface area (TPSA) is 93.5 Å². The molecule has 1 atom stereocenters. The van der Waals surface area contributed by atoms with Crippen LogP contribution in [0, 0.1) is 13.8 Å². The summed E-state index contributed by atoms with van der Waals surface area (Å²) in [7, 11) is 0. The molecule has 1 heterocycles. The minimum Gasteiger partial charge on any atom is -0.480 e. The summed E-state index contributed by atoms with van der Waals surface area (Å²) >= 11 is 0. The molecule has 1 amide bonds. The Balaban J connectivity index is 1.96. The molecular formula is C21H29N3O4. The maximum Gasteiger partial charge on any atom is 0.326 e. The molecule has 0 aliphatic heterocycles. The molecule has 1 aromatic heterocycles. The van der Waals surface area contributed by atoms with Gasteiger partial charge in [0.05, 0.1) is 17.8 Å². The fraction of sp³-hybridized carbons (Fsp3) is 0.476. The number of carbonyl (C=O) groups is 2. The van der Waals surface area contributed by atoms with E-state index in [0.29, 0.717) is 12.1 Å². The Labute approximate surface area is 165 Å². The van der Waals surface area contributed by atoms with Gasteiger partial charge in [0.25, 0.3) is 5.91 Å². The summed E-state index contributed by atoms with van der Waals surface area (Å²) in [6.07, 6.45) is 0.203. The molecule has 2 N–H and O–H groups in total. The Hall–Kier alpha value is -2.67. The summed E-state index contributed by atoms with van der Waals surface area (Å²) in [6, 6.07) is 8.11. The molecule has 28 heavy (non-hydrogen) atoms. The van der Waals surface area contributed by atoms with E-state index in [1.807, 2.05) is 57.5 Å². The summed E-state index contributed by atoms with van der Waals surface area (Å²) in [5, 5.41) is 16.3. The van der Waals surface area contributed by atoms with Crippen LogP contribution in [0.25, 0.3) is 0 Å². The van der Waals surface area contributed by atoms with Crippen molar-refractivity contribution in [3.8, 4) is 0 Å². The van der Waals surface area contributed by atoms with Gasteiger partial charge in [0.15, 0.2) is 0 Å². The molecule has 1 aromatic carbocycles. The van der Waals surface area contributed by atoms with E-state index in [1.54, 1.807) is 12.1 Å². The normalized spacial score (nSPS) is 12.6. The first-order chi connectivity index (χ1) is 13.0. The van der Waals surface area contributed by atoms with E-state index in [0.717, 1.165) is 17.0 Å². The van der Waals surface area contributed by atoms with Crippen LogP contribution in [0.3, 0.4) is 0 Å². The zero-order valence-corrected chi connectivity index (χ0v) is 17.2. The number of hydrogen-bond donors (Lipinski definition) is 2. The van der Waals surface area contributed by atoms with Crippen LogP contribution in [0.15, 0.2) is 30.3 Å². The van der Waals surface area contributed by atoms with E-state index < -0.39 is 17.9 Å². The average Bonchev–Trinajstić information content (AvgIpc) is 2.90. The van der Waals surface area contributed by atoms with Crippen LogP contribution in [-0.2, 0) is 16.1 Å². The lowest BCUT2D eigenvalue weighted by Crippen LogP contribution is -2.42. The molecule has 0 saturated heterocycles. The monoisotopic (exact) mass is 387 g/mol. The van der Waals surface area contributed by atoms with Crippen molar-refractivity contribution in [2.45, 2.75) is 59.2 Å². The highest BCUT2D eigenvalue weighted by molar-refractivity contribution is 5.96. The number of nitrogens with zero attached hydrogens (tertiary/aromatic N) is 2. The molecule has 0 saturated carbocycles. The molecule has 0 aliphatic rings. The van der Waals surface area contributed by atoms with Crippen LogP contribution in [0.5, 0.6) is 0 Å². The highest BCUT2D eigenvalue weighted by Crippen LogP contribution is 2.11. The van der Waals surface area contributed by atoms with Crippen LogP contribution < -0.4 is 5.32 Å². The number of carboxylic acid groups (broad SMARTS) is 1. The third-order valence-electron chi connectivity index (χ3n) is 4.20. The first-order valence-electron chi connectivity index (χ1n) is 9.33. The third-order valence-corrected chi connectivity index (χ3v) is 4.20. The average molecular weight is 387 g/mol. The van der Waals surface area contributed by atoms with Crippen molar-refractivity contribution < 1.29 is 19.4 Å². The van der Waals surface area contributed by atoms with Crippen molar-refractivity contribution >= 4 is 11.9 Å². The van der Waals surface area contributed by atoms with E-state index >= 15 is 0 Å². The van der Waals surface area contributed by atoms with Gasteiger partial charge in [-0.3, -0.25) is 9.48 Å². The summed E-state index contributed by atoms with van der Waals surface area (Å²) in [5.41, 5.74) is 3.11. The lowest BCUT2D eigenvalue weighted by atomic mass is 10.1. The van der Waals surface area contributed by atoms with Crippen LogP contribution >= 0.6 is 0 Å². The van der Waals surface area contributed by atoms with Gasteiger partial charge in [0, 0.05) is 24.3 Å². The lowest BCUT2D eigenvalue weighted by molar-refractivity contribution is -0.140. The van der Waals surface area contributed by atoms with Gasteiger partial charge in [-0.05, 0) is 58.4 Å². The van der Waals surface area contributed by atoms with Crippen molar-refractivity contribution in [3.05, 3.63) is 52.8 Å². The Morgan fingerprint density at radius 2 is 1.86 bits per heavy atom. The molecule has 0 aliphatic carbocycles. The summed E-state index contributed by atoms with van der Waals surface area (Å²) in [5.74, 6) is -1.49. The van der Waals surface area contributed by atoms with Crippen LogP contribution in [0.4, 0.5) is 0 Å². The Morgan fingerprint density at radius 3 is 2.36 bits per heavy atom. The molecular weight excluding hydrogens is 358 g/mol. The number of amides is 1. The number of nitrogens with one attached hydrogen (secondary N) is 1. The van der Waals surface area contributed by atoms with Gasteiger partial charge in [-0.1, -0.05) is 12.1 Å². The van der Waals surface area contributed by atoms with E-state index in [4.69, 9.17) is 4.74 Å². The zero-order valence-electron chi connectivity index (χ0n) is 17.2. The quantitative estimate of drug-likeness (QED) is 0.726. The first-order valence-corrected chi connectivity index (χ1v) is 9.33. The van der Waals surface area contributed by atoms with E-state index in [-0.39, 0.29) is 18.6 Å². The van der Waals surface area contributed by atoms with Crippen LogP contribution in [-0.4, -0.2) is 45.0 Å². The van der Waals surface area contributed by atoms with E-state index in [1.165, 1.54) is 0 Å². The van der Waals surface area contributed by atoms with Crippen molar-refractivity contribution in [2.24, 2.45) is 0 Å². The smallest absolute Gasteiger partial charge is 0.326 e. The maximum absolute atomic E-state index is 12.4. The van der Waals surface area contributed by atoms with Gasteiger partial charge in [-0.2, -0.15) is 5.10 Å². The molecule has 2 rings (SSSR count). The molecule has 0 radical (unpaired) electrons. The second-order valence-corrected chi connectivity index (χ2v) is 7.90. The number of carbonyl (C=O) groups excluding carboxylic acids is 1. The number of rotatable bonds is 8. The predicted molar refractivity (Wildman–Crippen MR) is 106 cm³/mol. The van der Waals surface area contributed by atoms with Crippen molar-refractivity contribution in [1.29, 1.82) is 0 Å². The molecule has 7 nitrogen and oxygen atoms in total. The number of hydrogen-bond acceptors (Lipinski definition) is 4. The zero-order chi connectivity index (χ0) is 20.9. The van der Waals surface area contributed by atoms with E-state index in [2.05, 4.69) is 10.4 Å². The minimum atomic E-state index is -1.08. The molecule has 152 valence electrons. The summed E-state index contributed by atoms with van der Waals surface area (Å²) < 4.78 is 7.46. The second kappa shape index (κ2) is 9.01. The number of carboxylic acids is 1. The SMILES string of the molecule is Cc1cc(C)n(Cc2ccc(C(=O)NC(CCOC(C)(C)C)C(=O)O)cc2)n1. The van der Waals surface area contributed by atoms with E-state index in [9.17, 15) is 14.7 Å². The Bertz CT molecular complexity index is 819. The number of benzene rings is 1. The minimum absolute atomic E-state index is 0.203. The largest absolute Gasteiger partial charge is 0.480 e. The molecule has 2 aromatic rings. The maximum atomic E-state index is 12.4. The van der Waals surface area contributed by atoms with Crippen LogP contribution in [0.2, 0.25) is 0 Å². The van der Waals surface area contributed by atoms with Gasteiger partial charge in [-0.15, -0.1) is 0 Å². The highest BCUT2D eigenvalue weighted by atomic mass is 16.5. The van der Waals surface area contributed by atoms with Gasteiger partial charge < -0.3 is 15.2 Å². The fourth-order valence-electron chi connectivity index (χ4n) is 2.75. The number of aryl methyl sites for hydroxylation is 2. The van der Waals surface area contributed by atoms with Gasteiger partial charge in [0.1, 0.15) is 6.04 Å². The lowest BCUT2D eigenvalue weighted by Gasteiger charge is -2.21. The standard InChI is InChI=1S/C21H29N3O4/c1-14-12-15(2)24(23-14)13-16-6-8-17(9-7-16)19(25)22-18(20(26)27)10-11-28-21(3,4)5/h6-9,12,18H,10-11,13H2,1-5H3,(H,22,25)(H,26,27). The van der Waals surface area contributed by atoms with Crippen molar-refractivity contribution in [2.75, 3.05) is 6.61 Å². The van der Waals surface area contributed by atoms with Gasteiger partial charge in [0.2, 0.25) is 0 Å². The fourth-order valence-corrected chi connectivity index (χ4v) is 2.75. The van der Waals surface area contributed by atoms with Gasteiger partial charge >= 0.3 is 5.97 Å². The highest BCUT2D eigenvalue weighted by Gasteiger charge is 2.22. The Kier molecular flexibility index (Phi) is 6.96.